The normalized spacial score (nSPS) is 11.7. The third kappa shape index (κ3) is 4.41. The van der Waals surface area contributed by atoms with Crippen LogP contribution < -0.4 is 9.46 Å². The average Bonchev–Trinajstić information content (AvgIpc) is 3.13. The fraction of sp³-hybridized carbons (Fsp3) is 0.174. The lowest BCUT2D eigenvalue weighted by atomic mass is 10.1. The van der Waals surface area contributed by atoms with Crippen molar-refractivity contribution in [1.82, 2.24) is 9.55 Å². The zero-order valence-corrected chi connectivity index (χ0v) is 20.0. The molecule has 1 heterocycles. The standard InChI is InChI=1S/C23H21Cl2N3O3S/c1-14-8-21-23(26-13-28(21)12-16-4-6-19(31-3)7-5-16)22(15(14)2)27-32(29,30)20-10-17(24)9-18(25)11-20/h4-11,13,27H,12H2,1-3H3. The van der Waals surface area contributed by atoms with Crippen LogP contribution in [0.3, 0.4) is 0 Å². The van der Waals surface area contributed by atoms with Gasteiger partial charge >= 0.3 is 0 Å². The molecule has 0 aliphatic heterocycles. The molecule has 1 aromatic heterocycles. The van der Waals surface area contributed by atoms with Gasteiger partial charge in [-0.2, -0.15) is 0 Å². The summed E-state index contributed by atoms with van der Waals surface area (Å²) < 4.78 is 36.1. The largest absolute Gasteiger partial charge is 0.497 e. The Bertz CT molecular complexity index is 1390. The van der Waals surface area contributed by atoms with Gasteiger partial charge in [-0.1, -0.05) is 35.3 Å². The summed E-state index contributed by atoms with van der Waals surface area (Å²) in [4.78, 5) is 4.51. The second-order valence-electron chi connectivity index (χ2n) is 7.49. The van der Waals surface area contributed by atoms with Crippen LogP contribution in [-0.2, 0) is 16.6 Å². The molecule has 32 heavy (non-hydrogen) atoms. The van der Waals surface area contributed by atoms with E-state index in [1.54, 1.807) is 13.4 Å². The van der Waals surface area contributed by atoms with Crippen LogP contribution in [0.1, 0.15) is 16.7 Å². The van der Waals surface area contributed by atoms with Gasteiger partial charge in [-0.05, 0) is 66.9 Å². The number of benzene rings is 3. The fourth-order valence-corrected chi connectivity index (χ4v) is 5.34. The first-order valence-corrected chi connectivity index (χ1v) is 12.0. The molecule has 0 saturated carbocycles. The highest BCUT2D eigenvalue weighted by molar-refractivity contribution is 7.92. The molecule has 0 aliphatic rings. The van der Waals surface area contributed by atoms with Gasteiger partial charge in [-0.25, -0.2) is 13.4 Å². The minimum absolute atomic E-state index is 0.0123. The lowest BCUT2D eigenvalue weighted by Crippen LogP contribution is -2.14. The van der Waals surface area contributed by atoms with Crippen molar-refractivity contribution in [3.05, 3.63) is 81.6 Å². The molecule has 0 atom stereocenters. The van der Waals surface area contributed by atoms with Crippen LogP contribution in [0.5, 0.6) is 5.75 Å². The summed E-state index contributed by atoms with van der Waals surface area (Å²) >= 11 is 12.0. The van der Waals surface area contributed by atoms with E-state index < -0.39 is 10.0 Å². The monoisotopic (exact) mass is 489 g/mol. The Balaban J connectivity index is 1.75. The van der Waals surface area contributed by atoms with E-state index >= 15 is 0 Å². The van der Waals surface area contributed by atoms with Gasteiger partial charge in [0.25, 0.3) is 10.0 Å². The van der Waals surface area contributed by atoms with Gasteiger partial charge in [-0.3, -0.25) is 4.72 Å². The van der Waals surface area contributed by atoms with E-state index in [4.69, 9.17) is 27.9 Å². The second-order valence-corrected chi connectivity index (χ2v) is 10.0. The van der Waals surface area contributed by atoms with E-state index in [0.29, 0.717) is 17.7 Å². The summed E-state index contributed by atoms with van der Waals surface area (Å²) in [5, 5.41) is 0.487. The zero-order chi connectivity index (χ0) is 23.0. The zero-order valence-electron chi connectivity index (χ0n) is 17.7. The first-order valence-electron chi connectivity index (χ1n) is 9.75. The maximum Gasteiger partial charge on any atom is 0.262 e. The smallest absolute Gasteiger partial charge is 0.262 e. The number of nitrogens with zero attached hydrogens (tertiary/aromatic N) is 2. The molecule has 0 unspecified atom stereocenters. The summed E-state index contributed by atoms with van der Waals surface area (Å²) in [6, 6.07) is 14.0. The van der Waals surface area contributed by atoms with E-state index in [0.717, 1.165) is 28.0 Å². The van der Waals surface area contributed by atoms with Crippen molar-refractivity contribution in [3.63, 3.8) is 0 Å². The van der Waals surface area contributed by atoms with Crippen LogP contribution in [0.2, 0.25) is 10.0 Å². The molecule has 3 aromatic carbocycles. The lowest BCUT2D eigenvalue weighted by molar-refractivity contribution is 0.414. The predicted octanol–water partition coefficient (Wildman–Crippen LogP) is 5.82. The molecule has 6 nitrogen and oxygen atoms in total. The van der Waals surface area contributed by atoms with Crippen molar-refractivity contribution in [2.45, 2.75) is 25.3 Å². The molecular formula is C23H21Cl2N3O3S. The topological polar surface area (TPSA) is 73.2 Å². The maximum absolute atomic E-state index is 13.1. The molecule has 0 aliphatic carbocycles. The molecular weight excluding hydrogens is 469 g/mol. The number of fused-ring (bicyclic) bond motifs is 1. The number of aromatic nitrogens is 2. The van der Waals surface area contributed by atoms with Crippen LogP contribution >= 0.6 is 23.2 Å². The Morgan fingerprint density at radius 3 is 2.31 bits per heavy atom. The van der Waals surface area contributed by atoms with E-state index in [1.165, 1.54) is 18.2 Å². The number of ether oxygens (including phenoxy) is 1. The van der Waals surface area contributed by atoms with E-state index in [-0.39, 0.29) is 14.9 Å². The van der Waals surface area contributed by atoms with Crippen LogP contribution in [0, 0.1) is 13.8 Å². The molecule has 4 aromatic rings. The number of nitrogens with one attached hydrogen (secondary N) is 1. The van der Waals surface area contributed by atoms with Crippen molar-refractivity contribution >= 4 is 49.9 Å². The van der Waals surface area contributed by atoms with Crippen LogP contribution in [0.4, 0.5) is 5.69 Å². The maximum atomic E-state index is 13.1. The average molecular weight is 490 g/mol. The molecule has 0 radical (unpaired) electrons. The Morgan fingerprint density at radius 2 is 1.69 bits per heavy atom. The van der Waals surface area contributed by atoms with Gasteiger partial charge in [0.1, 0.15) is 11.3 Å². The number of methoxy groups -OCH3 is 1. The van der Waals surface area contributed by atoms with Crippen molar-refractivity contribution in [2.24, 2.45) is 0 Å². The minimum atomic E-state index is -3.93. The van der Waals surface area contributed by atoms with Crippen molar-refractivity contribution in [3.8, 4) is 5.75 Å². The van der Waals surface area contributed by atoms with Crippen molar-refractivity contribution < 1.29 is 13.2 Å². The summed E-state index contributed by atoms with van der Waals surface area (Å²) in [6.07, 6.45) is 1.71. The first kappa shape index (κ1) is 22.5. The summed E-state index contributed by atoms with van der Waals surface area (Å²) in [6.45, 7) is 4.38. The van der Waals surface area contributed by atoms with E-state index in [2.05, 4.69) is 9.71 Å². The molecule has 0 amide bonds. The van der Waals surface area contributed by atoms with Gasteiger partial charge in [0.15, 0.2) is 0 Å². The lowest BCUT2D eigenvalue weighted by Gasteiger charge is -2.15. The van der Waals surface area contributed by atoms with Gasteiger partial charge in [-0.15, -0.1) is 0 Å². The number of anilines is 1. The van der Waals surface area contributed by atoms with Gasteiger partial charge in [0.05, 0.1) is 29.5 Å². The molecule has 0 saturated heterocycles. The number of imidazole rings is 1. The third-order valence-electron chi connectivity index (χ3n) is 5.33. The Morgan fingerprint density at radius 1 is 1.03 bits per heavy atom. The van der Waals surface area contributed by atoms with Gasteiger partial charge < -0.3 is 9.30 Å². The highest BCUT2D eigenvalue weighted by Gasteiger charge is 2.21. The molecule has 1 N–H and O–H groups in total. The SMILES string of the molecule is COc1ccc(Cn2cnc3c(NS(=O)(=O)c4cc(Cl)cc(Cl)c4)c(C)c(C)cc32)cc1. The summed E-state index contributed by atoms with van der Waals surface area (Å²) in [7, 11) is -2.30. The number of hydrogen-bond acceptors (Lipinski definition) is 4. The highest BCUT2D eigenvalue weighted by atomic mass is 35.5. The van der Waals surface area contributed by atoms with Gasteiger partial charge in [0.2, 0.25) is 0 Å². The molecule has 166 valence electrons. The fourth-order valence-electron chi connectivity index (χ4n) is 3.48. The second kappa shape index (κ2) is 8.65. The predicted molar refractivity (Wildman–Crippen MR) is 129 cm³/mol. The molecule has 4 rings (SSSR count). The summed E-state index contributed by atoms with van der Waals surface area (Å²) in [5.74, 6) is 0.786. The van der Waals surface area contributed by atoms with E-state index in [9.17, 15) is 8.42 Å². The highest BCUT2D eigenvalue weighted by Crippen LogP contribution is 2.32. The Labute approximate surface area is 196 Å². The van der Waals surface area contributed by atoms with E-state index in [1.807, 2.05) is 48.7 Å². The number of hydrogen-bond donors (Lipinski definition) is 1. The number of rotatable bonds is 6. The number of sulfonamides is 1. The Kier molecular flexibility index (Phi) is 6.07. The third-order valence-corrected chi connectivity index (χ3v) is 7.10. The van der Waals surface area contributed by atoms with Crippen LogP contribution in [0.15, 0.2) is 59.8 Å². The minimum Gasteiger partial charge on any atom is -0.497 e. The van der Waals surface area contributed by atoms with Crippen LogP contribution in [-0.4, -0.2) is 25.1 Å². The molecule has 0 fully saturated rings. The Hall–Kier alpha value is -2.74. The quantitative estimate of drug-likeness (QED) is 0.370. The van der Waals surface area contributed by atoms with Crippen molar-refractivity contribution in [1.29, 1.82) is 0 Å². The molecule has 0 bridgehead atoms. The van der Waals surface area contributed by atoms with Gasteiger partial charge in [0, 0.05) is 16.6 Å². The molecule has 0 spiro atoms. The molecule has 9 heteroatoms. The first-order chi connectivity index (χ1) is 15.2. The van der Waals surface area contributed by atoms with Crippen LogP contribution in [0.25, 0.3) is 11.0 Å². The number of halogens is 2. The van der Waals surface area contributed by atoms with Crippen molar-refractivity contribution in [2.75, 3.05) is 11.8 Å². The number of aryl methyl sites for hydroxylation is 1. The summed E-state index contributed by atoms with van der Waals surface area (Å²) in [5.41, 5.74) is 4.63.